The van der Waals surface area contributed by atoms with E-state index in [1.807, 2.05) is 0 Å². The van der Waals surface area contributed by atoms with Gasteiger partial charge in [-0.25, -0.2) is 14.4 Å². The topological polar surface area (TPSA) is 122 Å². The summed E-state index contributed by atoms with van der Waals surface area (Å²) < 4.78 is 8.97. The van der Waals surface area contributed by atoms with E-state index in [-0.39, 0.29) is 24.3 Å². The monoisotopic (exact) mass is 402 g/mol. The molecular formula is C18H18N4O5S. The number of esters is 1. The van der Waals surface area contributed by atoms with E-state index in [0.29, 0.717) is 11.4 Å². The number of carboxylic acid groups (broad SMARTS) is 1. The molecule has 0 fully saturated rings. The summed E-state index contributed by atoms with van der Waals surface area (Å²) in [6.45, 7) is 3.74. The molecule has 1 aromatic carbocycles. The zero-order chi connectivity index (χ0) is 20.3. The molecule has 10 heteroatoms. The van der Waals surface area contributed by atoms with Crippen LogP contribution < -0.4 is 5.32 Å². The van der Waals surface area contributed by atoms with Gasteiger partial charge < -0.3 is 15.2 Å². The normalized spacial score (nSPS) is 16.7. The fourth-order valence-electron chi connectivity index (χ4n) is 2.90. The standard InChI is InChI=1S/C18H18N4O5S/c1-3-27-17(25)14-10(2)22(8-11-4-6-12(7-5-11)16(23)24)18(26)19-15(14)13-9-28-21-20-13/h4-7,9,15H,3,8H2,1-2H3,(H,19,26)(H,23,24). The number of nitrogens with one attached hydrogen (secondary N) is 1. The predicted molar refractivity (Wildman–Crippen MR) is 99.5 cm³/mol. The van der Waals surface area contributed by atoms with Gasteiger partial charge >= 0.3 is 18.0 Å². The van der Waals surface area contributed by atoms with Gasteiger partial charge in [-0.3, -0.25) is 4.90 Å². The number of rotatable bonds is 6. The van der Waals surface area contributed by atoms with Gasteiger partial charge in [0.05, 0.1) is 24.3 Å². The van der Waals surface area contributed by atoms with Crippen molar-refractivity contribution in [1.82, 2.24) is 19.8 Å². The van der Waals surface area contributed by atoms with Gasteiger partial charge in [-0.1, -0.05) is 16.6 Å². The number of benzene rings is 1. The minimum absolute atomic E-state index is 0.155. The highest BCUT2D eigenvalue weighted by molar-refractivity contribution is 7.03. The maximum Gasteiger partial charge on any atom is 0.338 e. The Hall–Kier alpha value is -3.27. The molecular weight excluding hydrogens is 384 g/mol. The number of urea groups is 1. The van der Waals surface area contributed by atoms with Crippen molar-refractivity contribution in [3.63, 3.8) is 0 Å². The molecule has 0 aliphatic carbocycles. The number of carbonyl (C=O) groups excluding carboxylic acids is 2. The van der Waals surface area contributed by atoms with E-state index in [9.17, 15) is 14.4 Å². The van der Waals surface area contributed by atoms with Crippen molar-refractivity contribution in [2.24, 2.45) is 0 Å². The van der Waals surface area contributed by atoms with Crippen LogP contribution in [-0.2, 0) is 16.1 Å². The molecule has 2 aromatic rings. The highest BCUT2D eigenvalue weighted by atomic mass is 32.1. The first-order valence-corrected chi connectivity index (χ1v) is 9.31. The number of hydrogen-bond acceptors (Lipinski definition) is 7. The van der Waals surface area contributed by atoms with Crippen molar-refractivity contribution in [2.75, 3.05) is 6.61 Å². The van der Waals surface area contributed by atoms with Crippen LogP contribution in [0.3, 0.4) is 0 Å². The van der Waals surface area contributed by atoms with Crippen molar-refractivity contribution in [2.45, 2.75) is 26.4 Å². The molecule has 1 unspecified atom stereocenters. The number of carbonyl (C=O) groups is 3. The Morgan fingerprint density at radius 1 is 1.32 bits per heavy atom. The van der Waals surface area contributed by atoms with Gasteiger partial charge in [-0.05, 0) is 43.1 Å². The summed E-state index contributed by atoms with van der Waals surface area (Å²) in [5, 5.41) is 17.4. The van der Waals surface area contributed by atoms with Gasteiger partial charge in [0.2, 0.25) is 0 Å². The first kappa shape index (κ1) is 19.5. The molecule has 2 amide bonds. The summed E-state index contributed by atoms with van der Waals surface area (Å²) in [7, 11) is 0. The third-order valence-electron chi connectivity index (χ3n) is 4.31. The number of hydrogen-bond donors (Lipinski definition) is 2. The second-order valence-corrected chi connectivity index (χ2v) is 6.63. The van der Waals surface area contributed by atoms with Crippen LogP contribution in [0.4, 0.5) is 4.79 Å². The third kappa shape index (κ3) is 3.86. The van der Waals surface area contributed by atoms with E-state index in [2.05, 4.69) is 14.9 Å². The van der Waals surface area contributed by atoms with Crippen molar-refractivity contribution < 1.29 is 24.2 Å². The van der Waals surface area contributed by atoms with Crippen LogP contribution >= 0.6 is 11.5 Å². The second-order valence-electron chi connectivity index (χ2n) is 6.02. The van der Waals surface area contributed by atoms with Crippen LogP contribution in [0.5, 0.6) is 0 Å². The first-order chi connectivity index (χ1) is 13.4. The fraction of sp³-hybridized carbons (Fsp3) is 0.278. The molecule has 3 rings (SSSR count). The molecule has 0 spiro atoms. The lowest BCUT2D eigenvalue weighted by Crippen LogP contribution is -2.47. The molecule has 28 heavy (non-hydrogen) atoms. The molecule has 0 bridgehead atoms. The highest BCUT2D eigenvalue weighted by Gasteiger charge is 2.37. The van der Waals surface area contributed by atoms with Crippen LogP contribution in [-0.4, -0.2) is 44.2 Å². The van der Waals surface area contributed by atoms with Crippen molar-refractivity contribution in [3.8, 4) is 0 Å². The summed E-state index contributed by atoms with van der Waals surface area (Å²) >= 11 is 1.12. The lowest BCUT2D eigenvalue weighted by atomic mass is 9.99. The molecule has 1 aliphatic heterocycles. The van der Waals surface area contributed by atoms with Crippen LogP contribution in [0.2, 0.25) is 0 Å². The lowest BCUT2D eigenvalue weighted by Gasteiger charge is -2.34. The SMILES string of the molecule is CCOC(=O)C1=C(C)N(Cc2ccc(C(=O)O)cc2)C(=O)NC1c1csnn1. The van der Waals surface area contributed by atoms with Crippen molar-refractivity contribution in [1.29, 1.82) is 0 Å². The Bertz CT molecular complexity index is 924. The van der Waals surface area contributed by atoms with E-state index >= 15 is 0 Å². The smallest absolute Gasteiger partial charge is 0.338 e. The third-order valence-corrected chi connectivity index (χ3v) is 4.83. The van der Waals surface area contributed by atoms with Gasteiger partial charge in [0.25, 0.3) is 0 Å². The van der Waals surface area contributed by atoms with Crippen molar-refractivity contribution >= 4 is 29.5 Å². The minimum atomic E-state index is -1.03. The maximum absolute atomic E-state index is 12.7. The van der Waals surface area contributed by atoms with Gasteiger partial charge in [0.1, 0.15) is 11.7 Å². The number of allylic oxidation sites excluding steroid dienone is 1. The van der Waals surface area contributed by atoms with Crippen LogP contribution in [0.25, 0.3) is 0 Å². The molecule has 2 N–H and O–H groups in total. The molecule has 0 radical (unpaired) electrons. The van der Waals surface area contributed by atoms with Gasteiger partial charge in [-0.15, -0.1) is 5.10 Å². The summed E-state index contributed by atoms with van der Waals surface area (Å²) in [6.07, 6.45) is 0. The number of ether oxygens (including phenoxy) is 1. The first-order valence-electron chi connectivity index (χ1n) is 8.47. The highest BCUT2D eigenvalue weighted by Crippen LogP contribution is 2.31. The minimum Gasteiger partial charge on any atom is -0.478 e. The van der Waals surface area contributed by atoms with Crippen LogP contribution in [0.1, 0.15) is 41.5 Å². The van der Waals surface area contributed by atoms with Gasteiger partial charge in [0, 0.05) is 11.1 Å². The Kier molecular flexibility index (Phi) is 5.69. The quantitative estimate of drug-likeness (QED) is 0.711. The van der Waals surface area contributed by atoms with Gasteiger partial charge in [0.15, 0.2) is 0 Å². The molecule has 1 aromatic heterocycles. The predicted octanol–water partition coefficient (Wildman–Crippen LogP) is 2.34. The molecule has 9 nitrogen and oxygen atoms in total. The summed E-state index contributed by atoms with van der Waals surface area (Å²) in [5.41, 5.74) is 2.07. The Labute approximate surface area is 164 Å². The second kappa shape index (κ2) is 8.17. The van der Waals surface area contributed by atoms with E-state index in [0.717, 1.165) is 17.1 Å². The van der Waals surface area contributed by atoms with Crippen LogP contribution in [0, 0.1) is 0 Å². The van der Waals surface area contributed by atoms with Crippen LogP contribution in [0.15, 0.2) is 40.9 Å². The molecule has 0 saturated heterocycles. The zero-order valence-corrected chi connectivity index (χ0v) is 16.0. The fourth-order valence-corrected chi connectivity index (χ4v) is 3.38. The molecule has 1 atom stereocenters. The largest absolute Gasteiger partial charge is 0.478 e. The van der Waals surface area contributed by atoms with E-state index < -0.39 is 24.0 Å². The summed E-state index contributed by atoms with van der Waals surface area (Å²) in [4.78, 5) is 37.7. The average Bonchev–Trinajstić information content (AvgIpc) is 3.19. The van der Waals surface area contributed by atoms with E-state index in [1.165, 1.54) is 17.0 Å². The number of nitrogens with zero attached hydrogens (tertiary/aromatic N) is 3. The molecule has 1 aliphatic rings. The number of aromatic carboxylic acids is 1. The van der Waals surface area contributed by atoms with E-state index in [1.54, 1.807) is 31.4 Å². The summed E-state index contributed by atoms with van der Waals surface area (Å²) in [5.74, 6) is -1.56. The Morgan fingerprint density at radius 3 is 2.61 bits per heavy atom. The molecule has 0 saturated carbocycles. The van der Waals surface area contributed by atoms with E-state index in [4.69, 9.17) is 9.84 Å². The number of carboxylic acids is 1. The van der Waals surface area contributed by atoms with Gasteiger partial charge in [-0.2, -0.15) is 0 Å². The van der Waals surface area contributed by atoms with Crippen molar-refractivity contribution in [3.05, 3.63) is 57.7 Å². The zero-order valence-electron chi connectivity index (χ0n) is 15.2. The Morgan fingerprint density at radius 2 is 2.04 bits per heavy atom. The maximum atomic E-state index is 12.7. The lowest BCUT2D eigenvalue weighted by molar-refractivity contribution is -0.139. The number of aromatic nitrogens is 2. The Balaban J connectivity index is 1.95. The average molecular weight is 402 g/mol. The molecule has 146 valence electrons. The number of amides is 2. The summed E-state index contributed by atoms with van der Waals surface area (Å²) in [6, 6.07) is 5.06. The molecule has 2 heterocycles.